The topological polar surface area (TPSA) is 95.9 Å². The molecule has 0 saturated carbocycles. The quantitative estimate of drug-likeness (QED) is 0.0322. The lowest BCUT2D eigenvalue weighted by Gasteiger charge is -2.24. The van der Waals surface area contributed by atoms with Gasteiger partial charge in [-0.2, -0.15) is 0 Å². The Bertz CT molecular complexity index is 1110. The molecule has 0 aromatic heterocycles. The summed E-state index contributed by atoms with van der Waals surface area (Å²) in [6.45, 7) is 6.35. The predicted octanol–water partition coefficient (Wildman–Crippen LogP) is 16.0. The normalized spacial score (nSPS) is 13.7. The molecule has 0 bridgehead atoms. The molecule has 0 fully saturated rings. The Morgan fingerprint density at radius 1 is 0.484 bits per heavy atom. The molecule has 0 rings (SSSR count). The van der Waals surface area contributed by atoms with Crippen LogP contribution in [0.2, 0.25) is 0 Å². The fourth-order valence-electron chi connectivity index (χ4n) is 7.87. The first-order valence-electron chi connectivity index (χ1n) is 26.5. The second-order valence-corrected chi connectivity index (χ2v) is 17.9. The molecule has 62 heavy (non-hydrogen) atoms. The number of carbonyl (C=O) groups excluding carboxylic acids is 2. The van der Waals surface area contributed by atoms with E-state index in [1.165, 1.54) is 141 Å². The number of allylic oxidation sites excluding steroid dienone is 9. The average Bonchev–Trinajstić information content (AvgIpc) is 3.26. The largest absolute Gasteiger partial charge is 0.461 e. The molecule has 6 nitrogen and oxygen atoms in total. The van der Waals surface area contributed by atoms with Gasteiger partial charge in [0, 0.05) is 12.8 Å². The molecular formula is C56H101NO5. The number of rotatable bonds is 47. The molecule has 0 aliphatic carbocycles. The number of nitrogens with one attached hydrogen (secondary N) is 1. The van der Waals surface area contributed by atoms with Crippen molar-refractivity contribution in [2.24, 2.45) is 0 Å². The molecule has 0 spiro atoms. The highest BCUT2D eigenvalue weighted by Crippen LogP contribution is 2.17. The fraction of sp³-hybridized carbons (Fsp3) is 0.786. The molecular weight excluding hydrogens is 767 g/mol. The van der Waals surface area contributed by atoms with Crippen LogP contribution in [0.15, 0.2) is 60.8 Å². The van der Waals surface area contributed by atoms with Gasteiger partial charge in [0.25, 0.3) is 0 Å². The number of unbranched alkanes of at least 4 members (excludes halogenated alkanes) is 26. The summed E-state index contributed by atoms with van der Waals surface area (Å²) < 4.78 is 5.88. The van der Waals surface area contributed by atoms with Gasteiger partial charge in [-0.15, -0.1) is 0 Å². The van der Waals surface area contributed by atoms with Crippen molar-refractivity contribution in [2.75, 3.05) is 6.61 Å². The van der Waals surface area contributed by atoms with E-state index in [1.54, 1.807) is 0 Å². The molecule has 0 aliphatic heterocycles. The van der Waals surface area contributed by atoms with Crippen molar-refractivity contribution in [3.8, 4) is 0 Å². The van der Waals surface area contributed by atoms with Crippen molar-refractivity contribution in [2.45, 2.75) is 277 Å². The lowest BCUT2D eigenvalue weighted by atomic mass is 10.0. The maximum absolute atomic E-state index is 13.2. The smallest absolute Gasteiger partial charge is 0.306 e. The van der Waals surface area contributed by atoms with Crippen molar-refractivity contribution in [3.05, 3.63) is 60.8 Å². The summed E-state index contributed by atoms with van der Waals surface area (Å²) in [5, 5.41) is 23.7. The van der Waals surface area contributed by atoms with Crippen molar-refractivity contribution >= 4 is 11.9 Å². The first-order valence-corrected chi connectivity index (χ1v) is 26.5. The van der Waals surface area contributed by atoms with Gasteiger partial charge in [-0.05, 0) is 44.9 Å². The van der Waals surface area contributed by atoms with Gasteiger partial charge in [-0.3, -0.25) is 9.59 Å². The maximum Gasteiger partial charge on any atom is 0.306 e. The minimum atomic E-state index is -0.811. The lowest BCUT2D eigenvalue weighted by molar-refractivity contribution is -0.150. The minimum absolute atomic E-state index is 0.000757. The van der Waals surface area contributed by atoms with Gasteiger partial charge >= 0.3 is 5.97 Å². The SMILES string of the molecule is CC/C=C\C/C=C\C/C=C\C/C=C\C/C=C\CC(CC(=O)NC(CO)C(O)CCCCCCCCCCCCC)OC(=O)CCCCCCCCCCCCCCCCCCC. The fourth-order valence-corrected chi connectivity index (χ4v) is 7.87. The van der Waals surface area contributed by atoms with Gasteiger partial charge in [0.2, 0.25) is 5.91 Å². The third kappa shape index (κ3) is 44.2. The van der Waals surface area contributed by atoms with Crippen LogP contribution < -0.4 is 5.32 Å². The van der Waals surface area contributed by atoms with Gasteiger partial charge in [-0.25, -0.2) is 0 Å². The molecule has 0 saturated heterocycles. The standard InChI is InChI=1S/C56H101NO5/c1-4-7-10-13-16-19-22-24-26-27-29-31-34-37-40-43-46-49-56(61)62-52(47-44-41-38-35-33-30-28-25-23-20-17-14-11-8-5-2)50-55(60)57-53(51-58)54(59)48-45-42-39-36-32-21-18-15-12-9-6-3/h8,11,17,20,25,28,33,35,41,44,52-54,58-59H,4-7,9-10,12-16,18-19,21-24,26-27,29-32,34,36-40,42-43,45-51H2,1-3H3,(H,57,60)/b11-8-,20-17-,28-25-,35-33-,44-41-. The van der Waals surface area contributed by atoms with E-state index in [1.807, 2.05) is 6.08 Å². The van der Waals surface area contributed by atoms with E-state index in [-0.39, 0.29) is 24.9 Å². The molecule has 3 N–H and O–H groups in total. The Hall–Kier alpha value is -2.44. The monoisotopic (exact) mass is 868 g/mol. The van der Waals surface area contributed by atoms with E-state index in [2.05, 4.69) is 80.8 Å². The van der Waals surface area contributed by atoms with Crippen molar-refractivity contribution in [3.63, 3.8) is 0 Å². The highest BCUT2D eigenvalue weighted by atomic mass is 16.5. The van der Waals surface area contributed by atoms with Gasteiger partial charge in [0.05, 0.1) is 25.2 Å². The van der Waals surface area contributed by atoms with E-state index >= 15 is 0 Å². The number of carbonyl (C=O) groups is 2. The number of esters is 1. The number of hydrogen-bond donors (Lipinski definition) is 3. The molecule has 360 valence electrons. The van der Waals surface area contributed by atoms with Crippen molar-refractivity contribution < 1.29 is 24.5 Å². The molecule has 6 heteroatoms. The predicted molar refractivity (Wildman–Crippen MR) is 268 cm³/mol. The van der Waals surface area contributed by atoms with E-state index in [0.29, 0.717) is 19.3 Å². The summed E-state index contributed by atoms with van der Waals surface area (Å²) in [6.07, 6.45) is 61.6. The minimum Gasteiger partial charge on any atom is -0.461 e. The average molecular weight is 868 g/mol. The summed E-state index contributed by atoms with van der Waals surface area (Å²) in [6, 6.07) is -0.731. The van der Waals surface area contributed by atoms with Gasteiger partial charge in [-0.1, -0.05) is 255 Å². The van der Waals surface area contributed by atoms with E-state index in [4.69, 9.17) is 4.74 Å². The third-order valence-corrected chi connectivity index (χ3v) is 11.9. The van der Waals surface area contributed by atoms with Gasteiger partial charge in [0.15, 0.2) is 0 Å². The molecule has 0 heterocycles. The summed E-state index contributed by atoms with van der Waals surface area (Å²) in [7, 11) is 0. The Labute approximate surface area is 384 Å². The Balaban J connectivity index is 4.67. The first-order chi connectivity index (χ1) is 30.5. The van der Waals surface area contributed by atoms with Crippen LogP contribution in [0, 0.1) is 0 Å². The second kappa shape index (κ2) is 49.6. The molecule has 3 atom stereocenters. The lowest BCUT2D eigenvalue weighted by Crippen LogP contribution is -2.46. The Morgan fingerprint density at radius 2 is 0.839 bits per heavy atom. The zero-order valence-corrected chi connectivity index (χ0v) is 41.0. The van der Waals surface area contributed by atoms with Crippen LogP contribution in [0.3, 0.4) is 0 Å². The second-order valence-electron chi connectivity index (χ2n) is 17.9. The number of amides is 1. The zero-order chi connectivity index (χ0) is 45.2. The summed E-state index contributed by atoms with van der Waals surface area (Å²) >= 11 is 0. The Morgan fingerprint density at radius 3 is 1.23 bits per heavy atom. The third-order valence-electron chi connectivity index (χ3n) is 11.9. The van der Waals surface area contributed by atoms with Crippen molar-refractivity contribution in [1.29, 1.82) is 0 Å². The van der Waals surface area contributed by atoms with Crippen LogP contribution in [0.5, 0.6) is 0 Å². The molecule has 0 radical (unpaired) electrons. The molecule has 3 unspecified atom stereocenters. The highest BCUT2D eigenvalue weighted by molar-refractivity contribution is 5.77. The van der Waals surface area contributed by atoms with Gasteiger partial charge in [0.1, 0.15) is 6.10 Å². The van der Waals surface area contributed by atoms with Crippen LogP contribution in [0.1, 0.15) is 258 Å². The van der Waals surface area contributed by atoms with E-state index in [9.17, 15) is 19.8 Å². The van der Waals surface area contributed by atoms with Crippen LogP contribution in [-0.2, 0) is 14.3 Å². The number of hydrogen-bond acceptors (Lipinski definition) is 5. The number of aliphatic hydroxyl groups excluding tert-OH is 2. The summed E-state index contributed by atoms with van der Waals surface area (Å²) in [4.78, 5) is 26.1. The number of ether oxygens (including phenoxy) is 1. The first kappa shape index (κ1) is 59.6. The van der Waals surface area contributed by atoms with Crippen molar-refractivity contribution in [1.82, 2.24) is 5.32 Å². The van der Waals surface area contributed by atoms with Gasteiger partial charge < -0.3 is 20.3 Å². The molecule has 1 amide bonds. The Kier molecular flexibility index (Phi) is 47.6. The maximum atomic E-state index is 13.2. The van der Waals surface area contributed by atoms with Crippen LogP contribution in [0.4, 0.5) is 0 Å². The highest BCUT2D eigenvalue weighted by Gasteiger charge is 2.23. The molecule has 0 aromatic carbocycles. The molecule has 0 aliphatic rings. The van der Waals surface area contributed by atoms with Crippen LogP contribution >= 0.6 is 0 Å². The van der Waals surface area contributed by atoms with Crippen LogP contribution in [0.25, 0.3) is 0 Å². The van der Waals surface area contributed by atoms with E-state index in [0.717, 1.165) is 70.6 Å². The summed E-state index contributed by atoms with van der Waals surface area (Å²) in [5.41, 5.74) is 0. The summed E-state index contributed by atoms with van der Waals surface area (Å²) in [5.74, 6) is -0.573. The zero-order valence-electron chi connectivity index (χ0n) is 41.0. The van der Waals surface area contributed by atoms with Crippen LogP contribution in [-0.4, -0.2) is 46.9 Å². The van der Waals surface area contributed by atoms with E-state index < -0.39 is 18.2 Å². The molecule has 0 aromatic rings. The number of aliphatic hydroxyl groups is 2.